The Morgan fingerprint density at radius 3 is 2.60 bits per heavy atom. The minimum Gasteiger partial charge on any atom is -0.356 e. The average Bonchev–Trinajstić information content (AvgIpc) is 2.43. The molecule has 1 rings (SSSR count). The molecule has 5 heteroatoms. The molecule has 20 heavy (non-hydrogen) atoms. The number of carbonyl (C=O) groups is 1. The lowest BCUT2D eigenvalue weighted by Gasteiger charge is -2.32. The normalized spacial score (nSPS) is 19.2. The zero-order chi connectivity index (χ0) is 15.0. The summed E-state index contributed by atoms with van der Waals surface area (Å²) < 4.78 is 0. The van der Waals surface area contributed by atoms with E-state index in [9.17, 15) is 4.79 Å². The molecule has 1 aliphatic heterocycles. The number of hydrogen-bond acceptors (Lipinski definition) is 4. The number of nitrogens with zero attached hydrogens (tertiary/aromatic N) is 2. The van der Waals surface area contributed by atoms with E-state index in [-0.39, 0.29) is 11.8 Å². The van der Waals surface area contributed by atoms with Crippen molar-refractivity contribution in [3.63, 3.8) is 0 Å². The van der Waals surface area contributed by atoms with E-state index < -0.39 is 0 Å². The molecule has 1 amide bonds. The number of hydrogen-bond donors (Lipinski definition) is 1. The lowest BCUT2D eigenvalue weighted by Crippen LogP contribution is -2.42. The van der Waals surface area contributed by atoms with E-state index in [1.165, 1.54) is 25.9 Å². The van der Waals surface area contributed by atoms with Crippen LogP contribution in [-0.2, 0) is 4.79 Å². The fourth-order valence-corrected chi connectivity index (χ4v) is 3.15. The number of piperidine rings is 1. The Balaban J connectivity index is 2.14. The van der Waals surface area contributed by atoms with Crippen LogP contribution in [-0.4, -0.2) is 74.5 Å². The first kappa shape index (κ1) is 17.8. The number of rotatable bonds is 8. The molecule has 1 unspecified atom stereocenters. The summed E-state index contributed by atoms with van der Waals surface area (Å²) in [6, 6.07) is 0. The lowest BCUT2D eigenvalue weighted by molar-refractivity contribution is -0.124. The summed E-state index contributed by atoms with van der Waals surface area (Å²) in [5, 5.41) is 3.12. The highest BCUT2D eigenvalue weighted by atomic mass is 32.2. The topological polar surface area (TPSA) is 35.6 Å². The van der Waals surface area contributed by atoms with Crippen LogP contribution in [0.4, 0.5) is 0 Å². The monoisotopic (exact) mass is 301 g/mol. The second-order valence-corrected chi connectivity index (χ2v) is 7.10. The fraction of sp³-hybridized carbons (Fsp3) is 0.933. The smallest absolute Gasteiger partial charge is 0.223 e. The summed E-state index contributed by atoms with van der Waals surface area (Å²) in [6.07, 6.45) is 4.47. The first-order valence-electron chi connectivity index (χ1n) is 7.66. The number of nitrogens with one attached hydrogen (secondary N) is 1. The molecule has 1 fully saturated rings. The maximum atomic E-state index is 11.9. The number of carbonyl (C=O) groups excluding carboxylic acids is 1. The van der Waals surface area contributed by atoms with Crippen LogP contribution < -0.4 is 5.32 Å². The van der Waals surface area contributed by atoms with Crippen LogP contribution in [0, 0.1) is 11.8 Å². The van der Waals surface area contributed by atoms with Gasteiger partial charge in [0.15, 0.2) is 0 Å². The Bertz CT molecular complexity index is 278. The van der Waals surface area contributed by atoms with Gasteiger partial charge < -0.3 is 15.1 Å². The van der Waals surface area contributed by atoms with Crippen molar-refractivity contribution >= 4 is 17.7 Å². The van der Waals surface area contributed by atoms with Gasteiger partial charge in [0.05, 0.1) is 0 Å². The molecular weight excluding hydrogens is 270 g/mol. The number of likely N-dealkylation sites (N-methyl/N-ethyl adjacent to an activating group) is 1. The third-order valence-corrected chi connectivity index (χ3v) is 4.83. The molecule has 0 aromatic rings. The van der Waals surface area contributed by atoms with Gasteiger partial charge in [0.2, 0.25) is 5.91 Å². The van der Waals surface area contributed by atoms with Gasteiger partial charge in [-0.2, -0.15) is 11.8 Å². The summed E-state index contributed by atoms with van der Waals surface area (Å²) >= 11 is 1.74. The maximum absolute atomic E-state index is 11.9. The molecule has 1 atom stereocenters. The molecule has 1 aliphatic rings. The van der Waals surface area contributed by atoms with Crippen molar-refractivity contribution in [2.75, 3.05) is 58.8 Å². The van der Waals surface area contributed by atoms with Crippen molar-refractivity contribution in [2.45, 2.75) is 19.8 Å². The van der Waals surface area contributed by atoms with Crippen LogP contribution in [0.15, 0.2) is 0 Å². The predicted octanol–water partition coefficient (Wildman–Crippen LogP) is 1.38. The summed E-state index contributed by atoms with van der Waals surface area (Å²) in [5.74, 6) is 1.92. The standard InChI is InChI=1S/C15H31N3OS/c1-13(12-20-4)15(19)16-11-14-5-7-18(8-6-14)10-9-17(2)3/h13-14H,5-12H2,1-4H3,(H,16,19). The third kappa shape index (κ3) is 6.95. The van der Waals surface area contributed by atoms with Crippen molar-refractivity contribution in [3.8, 4) is 0 Å². The van der Waals surface area contributed by atoms with Gasteiger partial charge in [-0.1, -0.05) is 6.92 Å². The fourth-order valence-electron chi connectivity index (χ4n) is 2.50. The van der Waals surface area contributed by atoms with Gasteiger partial charge >= 0.3 is 0 Å². The van der Waals surface area contributed by atoms with Crippen LogP contribution in [0.3, 0.4) is 0 Å². The van der Waals surface area contributed by atoms with Crippen LogP contribution >= 0.6 is 11.8 Å². The summed E-state index contributed by atoms with van der Waals surface area (Å²) in [7, 11) is 4.25. The molecule has 1 saturated heterocycles. The highest BCUT2D eigenvalue weighted by molar-refractivity contribution is 7.98. The van der Waals surface area contributed by atoms with Gasteiger partial charge in [0.25, 0.3) is 0 Å². The minimum atomic E-state index is 0.130. The average molecular weight is 302 g/mol. The van der Waals surface area contributed by atoms with Crippen molar-refractivity contribution in [2.24, 2.45) is 11.8 Å². The van der Waals surface area contributed by atoms with E-state index >= 15 is 0 Å². The first-order valence-corrected chi connectivity index (χ1v) is 9.06. The molecule has 1 N–H and O–H groups in total. The van der Waals surface area contributed by atoms with Crippen LogP contribution in [0.5, 0.6) is 0 Å². The van der Waals surface area contributed by atoms with E-state index in [0.717, 1.165) is 25.4 Å². The molecule has 0 aliphatic carbocycles. The molecule has 0 spiro atoms. The third-order valence-electron chi connectivity index (χ3n) is 4.00. The zero-order valence-electron chi connectivity index (χ0n) is 13.5. The van der Waals surface area contributed by atoms with Gasteiger partial charge in [0, 0.05) is 31.3 Å². The Labute approximate surface area is 128 Å². The van der Waals surface area contributed by atoms with Crippen molar-refractivity contribution in [3.05, 3.63) is 0 Å². The van der Waals surface area contributed by atoms with E-state index in [0.29, 0.717) is 5.92 Å². The van der Waals surface area contributed by atoms with Crippen LogP contribution in [0.1, 0.15) is 19.8 Å². The predicted molar refractivity (Wildman–Crippen MR) is 88.3 cm³/mol. The molecule has 0 aromatic heterocycles. The van der Waals surface area contributed by atoms with Gasteiger partial charge in [-0.25, -0.2) is 0 Å². The second-order valence-electron chi connectivity index (χ2n) is 6.19. The molecular formula is C15H31N3OS. The van der Waals surface area contributed by atoms with Gasteiger partial charge in [0.1, 0.15) is 0 Å². The van der Waals surface area contributed by atoms with Crippen LogP contribution in [0.25, 0.3) is 0 Å². The molecule has 4 nitrogen and oxygen atoms in total. The minimum absolute atomic E-state index is 0.130. The molecule has 0 aromatic carbocycles. The molecule has 118 valence electrons. The van der Waals surface area contributed by atoms with Gasteiger partial charge in [-0.15, -0.1) is 0 Å². The van der Waals surface area contributed by atoms with Crippen molar-refractivity contribution < 1.29 is 4.79 Å². The quantitative estimate of drug-likeness (QED) is 0.735. The summed E-state index contributed by atoms with van der Waals surface area (Å²) in [6.45, 7) is 7.52. The Morgan fingerprint density at radius 1 is 1.40 bits per heavy atom. The lowest BCUT2D eigenvalue weighted by atomic mass is 9.96. The SMILES string of the molecule is CSCC(C)C(=O)NCC1CCN(CCN(C)C)CC1. The Kier molecular flexibility index (Phi) is 8.57. The number of likely N-dealkylation sites (tertiary alicyclic amines) is 1. The second kappa shape index (κ2) is 9.64. The highest BCUT2D eigenvalue weighted by Crippen LogP contribution is 2.16. The number of thioether (sulfide) groups is 1. The zero-order valence-corrected chi connectivity index (χ0v) is 14.3. The highest BCUT2D eigenvalue weighted by Gasteiger charge is 2.20. The molecule has 0 saturated carbocycles. The Morgan fingerprint density at radius 2 is 2.05 bits per heavy atom. The van der Waals surface area contributed by atoms with E-state index in [4.69, 9.17) is 0 Å². The number of amides is 1. The molecule has 0 bridgehead atoms. The largest absolute Gasteiger partial charge is 0.356 e. The van der Waals surface area contributed by atoms with E-state index in [1.807, 2.05) is 13.2 Å². The van der Waals surface area contributed by atoms with Crippen molar-refractivity contribution in [1.82, 2.24) is 15.1 Å². The maximum Gasteiger partial charge on any atom is 0.223 e. The molecule has 0 radical (unpaired) electrons. The van der Waals surface area contributed by atoms with Gasteiger partial charge in [-0.3, -0.25) is 4.79 Å². The first-order chi connectivity index (χ1) is 9.52. The van der Waals surface area contributed by atoms with E-state index in [2.05, 4.69) is 29.2 Å². The summed E-state index contributed by atoms with van der Waals surface area (Å²) in [5.41, 5.74) is 0. The van der Waals surface area contributed by atoms with Gasteiger partial charge in [-0.05, 0) is 52.2 Å². The van der Waals surface area contributed by atoms with Crippen LogP contribution in [0.2, 0.25) is 0 Å². The molecule has 1 heterocycles. The Hall–Kier alpha value is -0.260. The summed E-state index contributed by atoms with van der Waals surface area (Å²) in [4.78, 5) is 16.6. The van der Waals surface area contributed by atoms with E-state index in [1.54, 1.807) is 11.8 Å². The van der Waals surface area contributed by atoms with Crippen molar-refractivity contribution in [1.29, 1.82) is 0 Å².